The van der Waals surface area contributed by atoms with Crippen molar-refractivity contribution in [3.05, 3.63) is 70.4 Å². The largest absolute Gasteiger partial charge is 0.370 e. The van der Waals surface area contributed by atoms with E-state index in [2.05, 4.69) is 21.7 Å². The number of hydrogen-bond acceptors (Lipinski definition) is 3. The fourth-order valence-corrected chi connectivity index (χ4v) is 3.16. The van der Waals surface area contributed by atoms with Crippen molar-refractivity contribution in [2.75, 3.05) is 11.9 Å². The average Bonchev–Trinajstić information content (AvgIpc) is 2.68. The van der Waals surface area contributed by atoms with E-state index in [4.69, 9.17) is 11.6 Å². The van der Waals surface area contributed by atoms with Crippen LogP contribution in [0.1, 0.15) is 48.0 Å². The van der Waals surface area contributed by atoms with Crippen molar-refractivity contribution in [1.29, 1.82) is 0 Å². The Morgan fingerprint density at radius 1 is 1.15 bits per heavy atom. The van der Waals surface area contributed by atoms with E-state index < -0.39 is 0 Å². The molecule has 2 aromatic rings. The van der Waals surface area contributed by atoms with Crippen molar-refractivity contribution in [2.45, 2.75) is 38.6 Å². The Balaban J connectivity index is 1.50. The van der Waals surface area contributed by atoms with Gasteiger partial charge >= 0.3 is 0 Å². The summed E-state index contributed by atoms with van der Waals surface area (Å²) in [6.07, 6.45) is 10.1. The van der Waals surface area contributed by atoms with Crippen molar-refractivity contribution >= 4 is 23.3 Å². The zero-order valence-electron chi connectivity index (χ0n) is 14.8. The second kappa shape index (κ2) is 9.39. The first kappa shape index (κ1) is 18.5. The van der Waals surface area contributed by atoms with Gasteiger partial charge in [0, 0.05) is 29.9 Å². The highest BCUT2D eigenvalue weighted by Crippen LogP contribution is 2.20. The molecule has 136 valence electrons. The molecular weight excluding hydrogens is 346 g/mol. The minimum Gasteiger partial charge on any atom is -0.370 e. The molecule has 4 nitrogen and oxygen atoms in total. The summed E-state index contributed by atoms with van der Waals surface area (Å²) in [6, 6.07) is 11.0. The molecule has 2 N–H and O–H groups in total. The Labute approximate surface area is 159 Å². The number of rotatable bonds is 7. The van der Waals surface area contributed by atoms with Crippen LogP contribution in [-0.4, -0.2) is 17.4 Å². The number of nitrogens with zero attached hydrogens (tertiary/aromatic N) is 1. The standard InChI is InChI=1S/C21H24ClN3O/c22-19-8-6-17(7-9-19)15-25-21(26)18-11-13-24-20(14-18)23-12-10-16-4-2-1-3-5-16/h4,6-9,11,13-14H,1-3,5,10,12,15H2,(H,23,24)(H,25,26). The lowest BCUT2D eigenvalue weighted by Crippen LogP contribution is -2.23. The topological polar surface area (TPSA) is 54.0 Å². The summed E-state index contributed by atoms with van der Waals surface area (Å²) in [5, 5.41) is 6.93. The highest BCUT2D eigenvalue weighted by Gasteiger charge is 2.08. The summed E-state index contributed by atoms with van der Waals surface area (Å²) in [7, 11) is 0. The smallest absolute Gasteiger partial charge is 0.251 e. The summed E-state index contributed by atoms with van der Waals surface area (Å²) < 4.78 is 0. The maximum absolute atomic E-state index is 12.4. The number of pyridine rings is 1. The molecule has 3 rings (SSSR count). The van der Waals surface area contributed by atoms with Gasteiger partial charge in [0.15, 0.2) is 0 Å². The van der Waals surface area contributed by atoms with Gasteiger partial charge in [-0.25, -0.2) is 4.98 Å². The highest BCUT2D eigenvalue weighted by atomic mass is 35.5. The molecule has 0 radical (unpaired) electrons. The van der Waals surface area contributed by atoms with E-state index in [0.717, 1.165) is 24.3 Å². The van der Waals surface area contributed by atoms with Gasteiger partial charge in [0.25, 0.3) is 5.91 Å². The molecule has 1 aromatic carbocycles. The third-order valence-corrected chi connectivity index (χ3v) is 4.78. The average molecular weight is 370 g/mol. The number of nitrogens with one attached hydrogen (secondary N) is 2. The second-order valence-corrected chi connectivity index (χ2v) is 6.96. The minimum absolute atomic E-state index is 0.111. The number of benzene rings is 1. The quantitative estimate of drug-likeness (QED) is 0.677. The van der Waals surface area contributed by atoms with Crippen molar-refractivity contribution in [3.8, 4) is 0 Å². The lowest BCUT2D eigenvalue weighted by molar-refractivity contribution is 0.0951. The van der Waals surface area contributed by atoms with Crippen LogP contribution in [0, 0.1) is 0 Å². The van der Waals surface area contributed by atoms with Crippen molar-refractivity contribution in [1.82, 2.24) is 10.3 Å². The monoisotopic (exact) mass is 369 g/mol. The zero-order valence-corrected chi connectivity index (χ0v) is 15.6. The molecule has 1 amide bonds. The number of halogens is 1. The molecule has 0 bridgehead atoms. The molecule has 1 aromatic heterocycles. The summed E-state index contributed by atoms with van der Waals surface area (Å²) in [6.45, 7) is 1.31. The molecule has 0 spiro atoms. The predicted molar refractivity (Wildman–Crippen MR) is 107 cm³/mol. The number of hydrogen-bond donors (Lipinski definition) is 2. The van der Waals surface area contributed by atoms with E-state index in [1.807, 2.05) is 24.3 Å². The van der Waals surface area contributed by atoms with Gasteiger partial charge in [-0.15, -0.1) is 0 Å². The van der Waals surface area contributed by atoms with Gasteiger partial charge < -0.3 is 10.6 Å². The van der Waals surface area contributed by atoms with E-state index >= 15 is 0 Å². The Morgan fingerprint density at radius 3 is 2.77 bits per heavy atom. The van der Waals surface area contributed by atoms with Crippen LogP contribution in [0.3, 0.4) is 0 Å². The number of allylic oxidation sites excluding steroid dienone is 1. The van der Waals surface area contributed by atoms with Crippen molar-refractivity contribution in [3.63, 3.8) is 0 Å². The molecule has 0 saturated heterocycles. The van der Waals surface area contributed by atoms with Crippen molar-refractivity contribution < 1.29 is 4.79 Å². The normalized spacial score (nSPS) is 13.8. The number of amides is 1. The lowest BCUT2D eigenvalue weighted by Gasteiger charge is -2.13. The SMILES string of the molecule is O=C(NCc1ccc(Cl)cc1)c1ccnc(NCCC2=CCCCC2)c1. The van der Waals surface area contributed by atoms with Gasteiger partial charge in [-0.3, -0.25) is 4.79 Å². The molecule has 0 fully saturated rings. The summed E-state index contributed by atoms with van der Waals surface area (Å²) in [5.74, 6) is 0.626. The molecule has 0 saturated carbocycles. The number of aromatic nitrogens is 1. The predicted octanol–water partition coefficient (Wildman–Crippen LogP) is 4.97. The fraction of sp³-hybridized carbons (Fsp3) is 0.333. The van der Waals surface area contributed by atoms with Crippen LogP contribution >= 0.6 is 11.6 Å². The Bertz CT molecular complexity index is 771. The molecule has 1 aliphatic rings. The van der Waals surface area contributed by atoms with Gasteiger partial charge in [0.05, 0.1) is 0 Å². The van der Waals surface area contributed by atoms with Crippen LogP contribution in [0.15, 0.2) is 54.2 Å². The minimum atomic E-state index is -0.111. The van der Waals surface area contributed by atoms with Crippen LogP contribution in [0.25, 0.3) is 0 Å². The number of carbonyl (C=O) groups is 1. The van der Waals surface area contributed by atoms with Crippen molar-refractivity contribution in [2.24, 2.45) is 0 Å². The lowest BCUT2D eigenvalue weighted by atomic mass is 9.97. The first-order valence-electron chi connectivity index (χ1n) is 9.11. The molecular formula is C21H24ClN3O. The Kier molecular flexibility index (Phi) is 6.67. The van der Waals surface area contributed by atoms with Gasteiger partial charge in [-0.1, -0.05) is 35.4 Å². The first-order chi connectivity index (χ1) is 12.7. The van der Waals surface area contributed by atoms with Crippen LogP contribution in [0.4, 0.5) is 5.82 Å². The molecule has 0 aliphatic heterocycles. The van der Waals surface area contributed by atoms with E-state index in [-0.39, 0.29) is 5.91 Å². The van der Waals surface area contributed by atoms with Gasteiger partial charge in [-0.2, -0.15) is 0 Å². The van der Waals surface area contributed by atoms with Crippen LogP contribution in [-0.2, 0) is 6.54 Å². The number of anilines is 1. The molecule has 0 atom stereocenters. The van der Waals surface area contributed by atoms with E-state index in [1.165, 1.54) is 31.3 Å². The van der Waals surface area contributed by atoms with Crippen LogP contribution in [0.2, 0.25) is 5.02 Å². The maximum Gasteiger partial charge on any atom is 0.251 e. The van der Waals surface area contributed by atoms with Crippen LogP contribution < -0.4 is 10.6 Å². The summed E-state index contributed by atoms with van der Waals surface area (Å²) >= 11 is 5.87. The van der Waals surface area contributed by atoms with Gasteiger partial charge in [0.1, 0.15) is 5.82 Å². The fourth-order valence-electron chi connectivity index (χ4n) is 3.04. The highest BCUT2D eigenvalue weighted by molar-refractivity contribution is 6.30. The summed E-state index contributed by atoms with van der Waals surface area (Å²) in [4.78, 5) is 16.7. The Hall–Kier alpha value is -2.33. The van der Waals surface area contributed by atoms with E-state index in [0.29, 0.717) is 17.1 Å². The third-order valence-electron chi connectivity index (χ3n) is 4.53. The van der Waals surface area contributed by atoms with Crippen LogP contribution in [0.5, 0.6) is 0 Å². The first-order valence-corrected chi connectivity index (χ1v) is 9.49. The molecule has 1 aliphatic carbocycles. The van der Waals surface area contributed by atoms with E-state index in [1.54, 1.807) is 18.3 Å². The van der Waals surface area contributed by atoms with E-state index in [9.17, 15) is 4.79 Å². The zero-order chi connectivity index (χ0) is 18.2. The molecule has 1 heterocycles. The molecule has 26 heavy (non-hydrogen) atoms. The molecule has 5 heteroatoms. The summed E-state index contributed by atoms with van der Waals surface area (Å²) in [5.41, 5.74) is 3.14. The van der Waals surface area contributed by atoms with Gasteiger partial charge in [-0.05, 0) is 61.9 Å². The maximum atomic E-state index is 12.4. The third kappa shape index (κ3) is 5.60. The Morgan fingerprint density at radius 2 is 2.00 bits per heavy atom. The second-order valence-electron chi connectivity index (χ2n) is 6.52. The van der Waals surface area contributed by atoms with Gasteiger partial charge in [0.2, 0.25) is 0 Å². The molecule has 0 unspecified atom stereocenters. The number of carbonyl (C=O) groups excluding carboxylic acids is 1.